The number of hydrogen-bond acceptors (Lipinski definition) is 8. The maximum atomic E-state index is 13.8. The van der Waals surface area contributed by atoms with Gasteiger partial charge in [0.25, 0.3) is 0 Å². The summed E-state index contributed by atoms with van der Waals surface area (Å²) in [5.41, 5.74) is -1.28. The van der Waals surface area contributed by atoms with Crippen LogP contribution in [0.3, 0.4) is 0 Å². The van der Waals surface area contributed by atoms with E-state index in [1.165, 1.54) is 0 Å². The average molecular weight is 671 g/mol. The lowest BCUT2D eigenvalue weighted by Crippen LogP contribution is -2.62. The zero-order chi connectivity index (χ0) is 35.1. The van der Waals surface area contributed by atoms with Crippen LogP contribution in [0.5, 0.6) is 0 Å². The molecule has 2 fully saturated rings. The number of rotatable bonds is 4. The van der Waals surface area contributed by atoms with E-state index in [0.717, 1.165) is 5.56 Å². The molecule has 16 nitrogen and oxygen atoms in total. The Morgan fingerprint density at radius 3 is 1.52 bits per heavy atom. The molecule has 1 aromatic rings. The number of amides is 8. The fourth-order valence-corrected chi connectivity index (χ4v) is 5.22. The van der Waals surface area contributed by atoms with Gasteiger partial charge in [-0.2, -0.15) is 0 Å². The third-order valence-electron chi connectivity index (χ3n) is 7.91. The molecule has 0 bridgehead atoms. The number of hydrogen-bond donors (Lipinski definition) is 8. The fourth-order valence-electron chi connectivity index (χ4n) is 5.22. The minimum Gasteiger partial charge on any atom is -0.355 e. The quantitative estimate of drug-likeness (QED) is 0.159. The third-order valence-corrected chi connectivity index (χ3v) is 7.91. The first-order chi connectivity index (χ1) is 22.9. The van der Waals surface area contributed by atoms with E-state index in [1.807, 2.05) is 32.0 Å². The van der Waals surface area contributed by atoms with Gasteiger partial charge in [0.1, 0.15) is 12.1 Å². The maximum Gasteiger partial charge on any atom is 0.242 e. The van der Waals surface area contributed by atoms with Crippen molar-refractivity contribution in [1.82, 2.24) is 42.5 Å². The van der Waals surface area contributed by atoms with Gasteiger partial charge in [-0.1, -0.05) is 44.2 Å². The molecule has 0 radical (unpaired) electrons. The van der Waals surface area contributed by atoms with Crippen molar-refractivity contribution in [3.8, 4) is 0 Å². The minimum atomic E-state index is -2.08. The van der Waals surface area contributed by atoms with Crippen LogP contribution in [0.25, 0.3) is 0 Å². The first kappa shape index (κ1) is 37.4. The van der Waals surface area contributed by atoms with E-state index in [0.29, 0.717) is 6.42 Å². The molecule has 3 atom stereocenters. The molecule has 3 rings (SSSR count). The van der Waals surface area contributed by atoms with Crippen molar-refractivity contribution in [2.45, 2.75) is 64.5 Å². The Hall–Kier alpha value is -5.02. The Morgan fingerprint density at radius 1 is 0.583 bits per heavy atom. The Kier molecular flexibility index (Phi) is 14.3. The van der Waals surface area contributed by atoms with Crippen LogP contribution in [0.2, 0.25) is 0 Å². The number of nitrogens with one attached hydrogen (secondary N) is 8. The second-order valence-electron chi connectivity index (χ2n) is 12.3. The predicted molar refractivity (Wildman–Crippen MR) is 172 cm³/mol. The lowest BCUT2D eigenvalue weighted by molar-refractivity contribution is -0.143. The van der Waals surface area contributed by atoms with Gasteiger partial charge in [-0.25, -0.2) is 0 Å². The van der Waals surface area contributed by atoms with Gasteiger partial charge in [-0.15, -0.1) is 0 Å². The van der Waals surface area contributed by atoms with Gasteiger partial charge in [0.15, 0.2) is 5.41 Å². The second kappa shape index (κ2) is 18.4. The van der Waals surface area contributed by atoms with Crippen LogP contribution in [-0.4, -0.2) is 98.6 Å². The van der Waals surface area contributed by atoms with Crippen LogP contribution in [0.15, 0.2) is 30.3 Å². The molecule has 262 valence electrons. The monoisotopic (exact) mass is 670 g/mol. The highest BCUT2D eigenvalue weighted by Crippen LogP contribution is 2.18. The molecule has 2 saturated heterocycles. The van der Waals surface area contributed by atoms with Gasteiger partial charge in [0.2, 0.25) is 47.3 Å². The SMILES string of the molecule is CC(C)C[C@@H]1NC(=O)CCNC(=O)C2(CNC(=O)CCNC(=O)[C@H](Cc3ccccc3)NC(=O)CCNC2=O)CNC(=O)CCNC1=O. The van der Waals surface area contributed by atoms with E-state index in [-0.39, 0.29) is 64.2 Å². The molecule has 8 N–H and O–H groups in total. The summed E-state index contributed by atoms with van der Waals surface area (Å²) in [6.45, 7) is 2.11. The molecule has 48 heavy (non-hydrogen) atoms. The summed E-state index contributed by atoms with van der Waals surface area (Å²) in [5, 5.41) is 20.9. The summed E-state index contributed by atoms with van der Waals surface area (Å²) in [6, 6.07) is 7.27. The van der Waals surface area contributed by atoms with Crippen LogP contribution >= 0.6 is 0 Å². The van der Waals surface area contributed by atoms with E-state index >= 15 is 0 Å². The Balaban J connectivity index is 1.82. The van der Waals surface area contributed by atoms with Crippen molar-refractivity contribution >= 4 is 47.3 Å². The minimum absolute atomic E-state index is 0.0661. The summed E-state index contributed by atoms with van der Waals surface area (Å²) >= 11 is 0. The van der Waals surface area contributed by atoms with Crippen LogP contribution in [-0.2, 0) is 44.8 Å². The molecule has 1 spiro atoms. The Morgan fingerprint density at radius 2 is 1.02 bits per heavy atom. The molecule has 1 unspecified atom stereocenters. The van der Waals surface area contributed by atoms with Gasteiger partial charge in [0.05, 0.1) is 0 Å². The van der Waals surface area contributed by atoms with Crippen molar-refractivity contribution in [1.29, 1.82) is 0 Å². The molecule has 1 aromatic carbocycles. The predicted octanol–water partition coefficient (Wildman–Crippen LogP) is -2.48. The van der Waals surface area contributed by atoms with E-state index in [9.17, 15) is 38.4 Å². The Labute approximate surface area is 279 Å². The molecular weight excluding hydrogens is 624 g/mol. The van der Waals surface area contributed by atoms with Crippen molar-refractivity contribution in [3.05, 3.63) is 35.9 Å². The lowest BCUT2D eigenvalue weighted by Gasteiger charge is -2.31. The van der Waals surface area contributed by atoms with Crippen LogP contribution in [0.1, 0.15) is 51.5 Å². The van der Waals surface area contributed by atoms with Crippen molar-refractivity contribution in [2.24, 2.45) is 11.3 Å². The second-order valence-corrected chi connectivity index (χ2v) is 12.3. The lowest BCUT2D eigenvalue weighted by atomic mass is 9.84. The number of carbonyl (C=O) groups is 8. The molecule has 0 saturated carbocycles. The zero-order valence-electron chi connectivity index (χ0n) is 27.4. The molecule has 0 aliphatic carbocycles. The van der Waals surface area contributed by atoms with E-state index in [4.69, 9.17) is 0 Å². The van der Waals surface area contributed by atoms with Crippen molar-refractivity contribution < 1.29 is 38.4 Å². The average Bonchev–Trinajstić information content (AvgIpc) is 3.04. The highest BCUT2D eigenvalue weighted by Gasteiger charge is 2.46. The summed E-state index contributed by atoms with van der Waals surface area (Å²) in [5.74, 6) is -4.82. The standard InChI is InChI=1S/C32H46N8O8/c1-20(2)16-22-28(45)33-12-8-24(41)37-18-32(30(47)35-14-10-26(43)39-22)19-38-25(42)9-13-34-29(46)23(17-21-6-4-3-5-7-21)40-27(44)11-15-36-31(32)48/h3-7,20,22-23H,8-19H2,1-2H3,(H,33,45)(H,34,46)(H,35,47)(H,36,48)(H,37,41)(H,38,42)(H,39,43)(H,40,44)/t22-,23-,32?/m0/s1. The van der Waals surface area contributed by atoms with E-state index in [1.54, 1.807) is 12.1 Å². The normalized spacial score (nSPS) is 24.9. The number of carbonyl (C=O) groups excluding carboxylic acids is 8. The maximum absolute atomic E-state index is 13.8. The highest BCUT2D eigenvalue weighted by atomic mass is 16.2. The van der Waals surface area contributed by atoms with Crippen molar-refractivity contribution in [3.63, 3.8) is 0 Å². The van der Waals surface area contributed by atoms with Crippen LogP contribution in [0.4, 0.5) is 0 Å². The van der Waals surface area contributed by atoms with Gasteiger partial charge >= 0.3 is 0 Å². The first-order valence-electron chi connectivity index (χ1n) is 16.2. The van der Waals surface area contributed by atoms with Gasteiger partial charge in [-0.05, 0) is 17.9 Å². The molecular formula is C32H46N8O8. The Bertz CT molecular complexity index is 1350. The fraction of sp³-hybridized carbons (Fsp3) is 0.562. The molecule has 16 heteroatoms. The first-order valence-corrected chi connectivity index (χ1v) is 16.2. The van der Waals surface area contributed by atoms with Crippen LogP contribution in [0, 0.1) is 11.3 Å². The van der Waals surface area contributed by atoms with Gasteiger partial charge in [0, 0.05) is 71.4 Å². The van der Waals surface area contributed by atoms with Gasteiger partial charge < -0.3 is 42.5 Å². The van der Waals surface area contributed by atoms with Crippen LogP contribution < -0.4 is 42.5 Å². The van der Waals surface area contributed by atoms with E-state index in [2.05, 4.69) is 42.5 Å². The van der Waals surface area contributed by atoms with E-state index < -0.39 is 77.8 Å². The molecule has 2 aliphatic rings. The van der Waals surface area contributed by atoms with Crippen molar-refractivity contribution in [2.75, 3.05) is 39.3 Å². The summed E-state index contributed by atoms with van der Waals surface area (Å²) in [7, 11) is 0. The highest BCUT2D eigenvalue weighted by molar-refractivity contribution is 6.06. The molecule has 2 aliphatic heterocycles. The molecule has 2 heterocycles. The summed E-state index contributed by atoms with van der Waals surface area (Å²) in [4.78, 5) is 104. The zero-order valence-corrected chi connectivity index (χ0v) is 27.4. The smallest absolute Gasteiger partial charge is 0.242 e. The third kappa shape index (κ3) is 11.7. The summed E-state index contributed by atoms with van der Waals surface area (Å²) in [6.07, 6.45) is -0.300. The van der Waals surface area contributed by atoms with Gasteiger partial charge in [-0.3, -0.25) is 38.4 Å². The topological polar surface area (TPSA) is 233 Å². The summed E-state index contributed by atoms with van der Waals surface area (Å²) < 4.78 is 0. The molecule has 0 aromatic heterocycles. The number of benzene rings is 1. The molecule has 8 amide bonds. The largest absolute Gasteiger partial charge is 0.355 e.